The van der Waals surface area contributed by atoms with E-state index < -0.39 is 0 Å². The van der Waals surface area contributed by atoms with Gasteiger partial charge in [-0.05, 0) is 50.6 Å². The number of rotatable bonds is 9. The van der Waals surface area contributed by atoms with Gasteiger partial charge in [0.05, 0.1) is 11.3 Å². The van der Waals surface area contributed by atoms with Gasteiger partial charge in [-0.1, -0.05) is 29.4 Å². The molecule has 6 nitrogen and oxygen atoms in total. The third-order valence-corrected chi connectivity index (χ3v) is 4.81. The van der Waals surface area contributed by atoms with Gasteiger partial charge in [-0.3, -0.25) is 4.79 Å². The molecule has 0 bridgehead atoms. The number of aryl methyl sites for hydroxylation is 2. The number of anilines is 1. The lowest BCUT2D eigenvalue weighted by molar-refractivity contribution is 0.0953. The standard InChI is InChI=1S/C23H27N3O3/c1-17-22(18(2)29-25-17)16-28-21-12-7-9-19(15-21)23(27)24-13-8-14-26(3)20-10-5-4-6-11-20/h4-7,9-12,15H,8,13-14,16H2,1-3H3,(H,24,27). The molecule has 1 heterocycles. The van der Waals surface area contributed by atoms with E-state index in [9.17, 15) is 4.79 Å². The molecule has 6 heteroatoms. The van der Waals surface area contributed by atoms with Crippen LogP contribution in [0.5, 0.6) is 5.75 Å². The second-order valence-corrected chi connectivity index (χ2v) is 6.99. The first-order chi connectivity index (χ1) is 14.0. The Kier molecular flexibility index (Phi) is 6.89. The van der Waals surface area contributed by atoms with Crippen molar-refractivity contribution in [3.05, 3.63) is 77.2 Å². The van der Waals surface area contributed by atoms with Gasteiger partial charge in [0.1, 0.15) is 18.1 Å². The maximum absolute atomic E-state index is 12.4. The van der Waals surface area contributed by atoms with Crippen molar-refractivity contribution in [2.24, 2.45) is 0 Å². The SMILES string of the molecule is Cc1noc(C)c1COc1cccc(C(=O)NCCCN(C)c2ccccc2)c1. The first-order valence-corrected chi connectivity index (χ1v) is 9.73. The summed E-state index contributed by atoms with van der Waals surface area (Å²) in [6.07, 6.45) is 0.860. The zero-order chi connectivity index (χ0) is 20.6. The number of hydrogen-bond donors (Lipinski definition) is 1. The van der Waals surface area contributed by atoms with Crippen LogP contribution in [0.1, 0.15) is 33.8 Å². The molecule has 3 rings (SSSR count). The van der Waals surface area contributed by atoms with Crippen molar-refractivity contribution >= 4 is 11.6 Å². The molecule has 152 valence electrons. The molecule has 0 radical (unpaired) electrons. The smallest absolute Gasteiger partial charge is 0.251 e. The Morgan fingerprint density at radius 3 is 2.66 bits per heavy atom. The molecule has 0 atom stereocenters. The van der Waals surface area contributed by atoms with Crippen molar-refractivity contribution in [1.82, 2.24) is 10.5 Å². The number of amides is 1. The van der Waals surface area contributed by atoms with Crippen LogP contribution in [-0.4, -0.2) is 31.2 Å². The fourth-order valence-corrected chi connectivity index (χ4v) is 3.02. The normalized spacial score (nSPS) is 10.6. The second kappa shape index (κ2) is 9.78. The summed E-state index contributed by atoms with van der Waals surface area (Å²) in [5.41, 5.74) is 3.50. The van der Waals surface area contributed by atoms with Crippen LogP contribution in [-0.2, 0) is 6.61 Å². The molecule has 2 aromatic carbocycles. The van der Waals surface area contributed by atoms with E-state index in [1.807, 2.05) is 44.2 Å². The Hall–Kier alpha value is -3.28. The van der Waals surface area contributed by atoms with Crippen LogP contribution < -0.4 is 15.0 Å². The Balaban J connectivity index is 1.46. The number of hydrogen-bond acceptors (Lipinski definition) is 5. The van der Waals surface area contributed by atoms with Gasteiger partial charge in [0.25, 0.3) is 5.91 Å². The van der Waals surface area contributed by atoms with Gasteiger partial charge in [-0.25, -0.2) is 0 Å². The minimum absolute atomic E-state index is 0.102. The number of carbonyl (C=O) groups excluding carboxylic acids is 1. The van der Waals surface area contributed by atoms with E-state index in [-0.39, 0.29) is 5.91 Å². The van der Waals surface area contributed by atoms with E-state index in [2.05, 4.69) is 34.6 Å². The third kappa shape index (κ3) is 5.60. The zero-order valence-corrected chi connectivity index (χ0v) is 17.1. The van der Waals surface area contributed by atoms with E-state index in [1.165, 1.54) is 5.69 Å². The van der Waals surface area contributed by atoms with E-state index in [0.717, 1.165) is 30.0 Å². The van der Waals surface area contributed by atoms with Crippen LogP contribution in [0.3, 0.4) is 0 Å². The molecular weight excluding hydrogens is 366 g/mol. The average Bonchev–Trinajstić information content (AvgIpc) is 3.07. The van der Waals surface area contributed by atoms with Crippen LogP contribution in [0.25, 0.3) is 0 Å². The van der Waals surface area contributed by atoms with Crippen LogP contribution in [0.15, 0.2) is 59.1 Å². The number of nitrogens with one attached hydrogen (secondary N) is 1. The third-order valence-electron chi connectivity index (χ3n) is 4.81. The molecule has 0 aliphatic carbocycles. The number of nitrogens with zero attached hydrogens (tertiary/aromatic N) is 2. The predicted molar refractivity (Wildman–Crippen MR) is 113 cm³/mol. The van der Waals surface area contributed by atoms with Crippen molar-refractivity contribution in [3.8, 4) is 5.75 Å². The Labute approximate surface area is 171 Å². The molecule has 0 spiro atoms. The molecule has 3 aromatic rings. The van der Waals surface area contributed by atoms with Crippen LogP contribution in [0, 0.1) is 13.8 Å². The van der Waals surface area contributed by atoms with E-state index >= 15 is 0 Å². The number of carbonyl (C=O) groups is 1. The van der Waals surface area contributed by atoms with Crippen molar-refractivity contribution in [1.29, 1.82) is 0 Å². The predicted octanol–water partition coefficient (Wildman–Crippen LogP) is 4.13. The Morgan fingerprint density at radius 1 is 1.14 bits per heavy atom. The van der Waals surface area contributed by atoms with Crippen molar-refractivity contribution < 1.29 is 14.1 Å². The van der Waals surface area contributed by atoms with Gasteiger partial charge in [0, 0.05) is 31.4 Å². The van der Waals surface area contributed by atoms with Crippen LogP contribution >= 0.6 is 0 Å². The largest absolute Gasteiger partial charge is 0.489 e. The molecule has 0 aliphatic rings. The van der Waals surface area contributed by atoms with Gasteiger partial charge >= 0.3 is 0 Å². The van der Waals surface area contributed by atoms with Gasteiger partial charge in [0.2, 0.25) is 0 Å². The number of para-hydroxylation sites is 1. The quantitative estimate of drug-likeness (QED) is 0.554. The number of ether oxygens (including phenoxy) is 1. The molecule has 1 aromatic heterocycles. The summed E-state index contributed by atoms with van der Waals surface area (Å²) in [4.78, 5) is 14.6. The lowest BCUT2D eigenvalue weighted by Crippen LogP contribution is -2.28. The highest BCUT2D eigenvalue weighted by atomic mass is 16.5. The van der Waals surface area contributed by atoms with Gasteiger partial charge in [0.15, 0.2) is 0 Å². The molecular formula is C23H27N3O3. The summed E-state index contributed by atoms with van der Waals surface area (Å²) in [5, 5.41) is 6.90. The highest BCUT2D eigenvalue weighted by Gasteiger charge is 2.11. The first-order valence-electron chi connectivity index (χ1n) is 9.73. The van der Waals surface area contributed by atoms with Crippen molar-refractivity contribution in [2.75, 3.05) is 25.0 Å². The molecule has 29 heavy (non-hydrogen) atoms. The molecule has 0 fully saturated rings. The van der Waals surface area contributed by atoms with E-state index in [4.69, 9.17) is 9.26 Å². The minimum Gasteiger partial charge on any atom is -0.489 e. The summed E-state index contributed by atoms with van der Waals surface area (Å²) in [6, 6.07) is 17.4. The highest BCUT2D eigenvalue weighted by molar-refractivity contribution is 5.94. The lowest BCUT2D eigenvalue weighted by atomic mass is 10.2. The molecule has 0 unspecified atom stereocenters. The molecule has 0 saturated carbocycles. The average molecular weight is 393 g/mol. The fraction of sp³-hybridized carbons (Fsp3) is 0.304. The molecule has 1 amide bonds. The number of aromatic nitrogens is 1. The van der Waals surface area contributed by atoms with Crippen LogP contribution in [0.2, 0.25) is 0 Å². The molecule has 0 saturated heterocycles. The summed E-state index contributed by atoms with van der Waals surface area (Å²) >= 11 is 0. The van der Waals surface area contributed by atoms with Gasteiger partial charge in [-0.15, -0.1) is 0 Å². The zero-order valence-electron chi connectivity index (χ0n) is 17.1. The summed E-state index contributed by atoms with van der Waals surface area (Å²) in [5.74, 6) is 1.29. The topological polar surface area (TPSA) is 67.6 Å². The maximum atomic E-state index is 12.4. The summed E-state index contributed by atoms with van der Waals surface area (Å²) in [6.45, 7) is 5.58. The highest BCUT2D eigenvalue weighted by Crippen LogP contribution is 2.18. The van der Waals surface area contributed by atoms with Crippen molar-refractivity contribution in [2.45, 2.75) is 26.9 Å². The lowest BCUT2D eigenvalue weighted by Gasteiger charge is -2.19. The Bertz CT molecular complexity index is 918. The van der Waals surface area contributed by atoms with E-state index in [0.29, 0.717) is 24.5 Å². The minimum atomic E-state index is -0.102. The molecule has 0 aliphatic heterocycles. The van der Waals surface area contributed by atoms with Crippen LogP contribution in [0.4, 0.5) is 5.69 Å². The van der Waals surface area contributed by atoms with Gasteiger partial charge in [-0.2, -0.15) is 0 Å². The van der Waals surface area contributed by atoms with Crippen molar-refractivity contribution in [3.63, 3.8) is 0 Å². The monoisotopic (exact) mass is 393 g/mol. The van der Waals surface area contributed by atoms with E-state index in [1.54, 1.807) is 12.1 Å². The summed E-state index contributed by atoms with van der Waals surface area (Å²) in [7, 11) is 2.05. The maximum Gasteiger partial charge on any atom is 0.251 e. The number of benzene rings is 2. The fourth-order valence-electron chi connectivity index (χ4n) is 3.02. The first kappa shape index (κ1) is 20.5. The Morgan fingerprint density at radius 2 is 1.93 bits per heavy atom. The molecule has 1 N–H and O–H groups in total. The second-order valence-electron chi connectivity index (χ2n) is 6.99. The summed E-state index contributed by atoms with van der Waals surface area (Å²) < 4.78 is 11.0. The van der Waals surface area contributed by atoms with Gasteiger partial charge < -0.3 is 19.5 Å².